The lowest BCUT2D eigenvalue weighted by Gasteiger charge is -2.03. The molecule has 8 heteroatoms. The molecule has 0 aliphatic heterocycles. The zero-order chi connectivity index (χ0) is 13.7. The lowest BCUT2D eigenvalue weighted by atomic mass is 10.4. The van der Waals surface area contributed by atoms with Gasteiger partial charge >= 0.3 is 0 Å². The molecule has 2 heterocycles. The highest BCUT2D eigenvalue weighted by Gasteiger charge is 2.06. The number of furan rings is 1. The minimum Gasteiger partial charge on any atom is -0.467 e. The van der Waals surface area contributed by atoms with E-state index in [2.05, 4.69) is 15.3 Å². The zero-order valence-electron chi connectivity index (χ0n) is 9.88. The van der Waals surface area contributed by atoms with Gasteiger partial charge in [0.15, 0.2) is 5.16 Å². The van der Waals surface area contributed by atoms with Crippen LogP contribution in [0.4, 0.5) is 5.82 Å². The third-order valence-corrected chi connectivity index (χ3v) is 2.99. The Bertz CT molecular complexity index is 609. The summed E-state index contributed by atoms with van der Waals surface area (Å²) in [6, 6.07) is 4.70. The van der Waals surface area contributed by atoms with Crippen LogP contribution in [0.3, 0.4) is 0 Å². The van der Waals surface area contributed by atoms with Crippen LogP contribution in [-0.2, 0) is 11.3 Å². The molecule has 0 unspecified atom stereocenters. The quantitative estimate of drug-likeness (QED) is 0.538. The Morgan fingerprint density at radius 1 is 1.58 bits per heavy atom. The summed E-state index contributed by atoms with van der Waals surface area (Å²) in [5, 5.41) is 3.00. The molecule has 7 nitrogen and oxygen atoms in total. The Hall–Kier alpha value is -2.22. The fourth-order valence-corrected chi connectivity index (χ4v) is 2.02. The Morgan fingerprint density at radius 2 is 2.42 bits per heavy atom. The lowest BCUT2D eigenvalue weighted by molar-refractivity contribution is -0.118. The van der Waals surface area contributed by atoms with E-state index in [9.17, 15) is 9.59 Å². The molecular formula is C11H12N4O3S. The Kier molecular flexibility index (Phi) is 4.24. The molecule has 2 rings (SSSR count). The Balaban J connectivity index is 1.81. The van der Waals surface area contributed by atoms with Crippen molar-refractivity contribution in [2.45, 2.75) is 11.7 Å². The van der Waals surface area contributed by atoms with E-state index in [4.69, 9.17) is 10.2 Å². The molecule has 0 spiro atoms. The topological polar surface area (TPSA) is 114 Å². The molecule has 1 amide bonds. The van der Waals surface area contributed by atoms with Crippen LogP contribution in [0.1, 0.15) is 5.76 Å². The highest BCUT2D eigenvalue weighted by molar-refractivity contribution is 7.99. The van der Waals surface area contributed by atoms with Gasteiger partial charge in [-0.15, -0.1) is 0 Å². The number of carbonyl (C=O) groups excluding carboxylic acids is 1. The number of nitrogens with zero attached hydrogens (tertiary/aromatic N) is 1. The van der Waals surface area contributed by atoms with E-state index in [-0.39, 0.29) is 23.0 Å². The highest BCUT2D eigenvalue weighted by Crippen LogP contribution is 2.11. The third-order valence-electron chi connectivity index (χ3n) is 2.12. The normalized spacial score (nSPS) is 10.3. The van der Waals surface area contributed by atoms with Crippen molar-refractivity contribution in [1.82, 2.24) is 15.3 Å². The first-order valence-electron chi connectivity index (χ1n) is 5.42. The van der Waals surface area contributed by atoms with Crippen molar-refractivity contribution >= 4 is 23.5 Å². The number of nitrogens with two attached hydrogens (primary N) is 1. The summed E-state index contributed by atoms with van der Waals surface area (Å²) < 4.78 is 5.08. The second kappa shape index (κ2) is 6.10. The second-order valence-corrected chi connectivity index (χ2v) is 4.58. The van der Waals surface area contributed by atoms with E-state index in [0.717, 1.165) is 11.8 Å². The van der Waals surface area contributed by atoms with Crippen LogP contribution < -0.4 is 16.6 Å². The summed E-state index contributed by atoms with van der Waals surface area (Å²) in [5.41, 5.74) is 5.09. The summed E-state index contributed by atoms with van der Waals surface area (Å²) in [7, 11) is 0. The number of H-pyrrole nitrogens is 1. The first-order chi connectivity index (χ1) is 9.13. The van der Waals surface area contributed by atoms with Gasteiger partial charge in [-0.3, -0.25) is 9.59 Å². The maximum atomic E-state index is 11.6. The molecule has 4 N–H and O–H groups in total. The van der Waals surface area contributed by atoms with Gasteiger partial charge < -0.3 is 20.5 Å². The van der Waals surface area contributed by atoms with Gasteiger partial charge in [0.05, 0.1) is 18.6 Å². The molecule has 0 saturated heterocycles. The smallest absolute Gasteiger partial charge is 0.253 e. The molecule has 0 saturated carbocycles. The number of anilines is 1. The van der Waals surface area contributed by atoms with E-state index in [1.54, 1.807) is 12.1 Å². The Morgan fingerprint density at radius 3 is 3.11 bits per heavy atom. The Labute approximate surface area is 112 Å². The van der Waals surface area contributed by atoms with Crippen molar-refractivity contribution in [1.29, 1.82) is 0 Å². The number of thioether (sulfide) groups is 1. The van der Waals surface area contributed by atoms with Crippen molar-refractivity contribution in [3.8, 4) is 0 Å². The zero-order valence-corrected chi connectivity index (χ0v) is 10.7. The molecule has 2 aromatic rings. The molecule has 0 aliphatic carbocycles. The molecule has 0 fully saturated rings. The predicted octanol–water partition coefficient (Wildman–Crippen LogP) is 0.354. The standard InChI is InChI=1S/C11H12N4O3S/c12-8-4-9(16)15-11(14-8)19-6-10(17)13-5-7-2-1-3-18-7/h1-4H,5-6H2,(H,13,17)(H3,12,14,15,16). The largest absolute Gasteiger partial charge is 0.467 e. The van der Waals surface area contributed by atoms with E-state index in [1.165, 1.54) is 12.3 Å². The average molecular weight is 280 g/mol. The van der Waals surface area contributed by atoms with Gasteiger partial charge in [0.25, 0.3) is 5.56 Å². The molecule has 0 radical (unpaired) electrons. The van der Waals surface area contributed by atoms with E-state index >= 15 is 0 Å². The van der Waals surface area contributed by atoms with Crippen LogP contribution in [0.2, 0.25) is 0 Å². The predicted molar refractivity (Wildman–Crippen MR) is 70.5 cm³/mol. The number of carbonyl (C=O) groups is 1. The van der Waals surface area contributed by atoms with Crippen molar-refractivity contribution < 1.29 is 9.21 Å². The number of nitrogen functional groups attached to an aromatic ring is 1. The second-order valence-electron chi connectivity index (χ2n) is 3.62. The highest BCUT2D eigenvalue weighted by atomic mass is 32.2. The number of rotatable bonds is 5. The number of hydrogen-bond donors (Lipinski definition) is 3. The van der Waals surface area contributed by atoms with Crippen molar-refractivity contribution in [3.63, 3.8) is 0 Å². The van der Waals surface area contributed by atoms with Crippen LogP contribution in [0, 0.1) is 0 Å². The summed E-state index contributed by atoms with van der Waals surface area (Å²) in [5.74, 6) is 0.746. The molecule has 2 aromatic heterocycles. The molecule has 100 valence electrons. The monoisotopic (exact) mass is 280 g/mol. The van der Waals surface area contributed by atoms with Crippen LogP contribution in [0.25, 0.3) is 0 Å². The first-order valence-corrected chi connectivity index (χ1v) is 6.41. The summed E-state index contributed by atoms with van der Waals surface area (Å²) in [6.45, 7) is 0.327. The van der Waals surface area contributed by atoms with E-state index in [1.807, 2.05) is 0 Å². The maximum Gasteiger partial charge on any atom is 0.253 e. The van der Waals surface area contributed by atoms with Gasteiger partial charge in [-0.05, 0) is 12.1 Å². The van der Waals surface area contributed by atoms with E-state index in [0.29, 0.717) is 17.5 Å². The number of aromatic amines is 1. The fraction of sp³-hybridized carbons (Fsp3) is 0.182. The van der Waals surface area contributed by atoms with E-state index < -0.39 is 0 Å². The van der Waals surface area contributed by atoms with Crippen LogP contribution >= 0.6 is 11.8 Å². The molecule has 0 bridgehead atoms. The van der Waals surface area contributed by atoms with Crippen LogP contribution in [-0.4, -0.2) is 21.6 Å². The summed E-state index contributed by atoms with van der Waals surface area (Å²) in [6.07, 6.45) is 1.54. The molecule has 0 atom stereocenters. The number of amides is 1. The van der Waals surface area contributed by atoms with Gasteiger partial charge in [-0.2, -0.15) is 0 Å². The third kappa shape index (κ3) is 4.18. The van der Waals surface area contributed by atoms with Crippen LogP contribution in [0.15, 0.2) is 38.8 Å². The molecule has 19 heavy (non-hydrogen) atoms. The molecule has 0 aromatic carbocycles. The van der Waals surface area contributed by atoms with Crippen molar-refractivity contribution in [2.75, 3.05) is 11.5 Å². The molecule has 0 aliphatic rings. The van der Waals surface area contributed by atoms with Gasteiger partial charge in [0.2, 0.25) is 5.91 Å². The van der Waals surface area contributed by atoms with Gasteiger partial charge in [0.1, 0.15) is 11.6 Å². The summed E-state index contributed by atoms with van der Waals surface area (Å²) in [4.78, 5) is 29.1. The average Bonchev–Trinajstić information content (AvgIpc) is 2.86. The number of nitrogens with one attached hydrogen (secondary N) is 2. The minimum atomic E-state index is -0.342. The first kappa shape index (κ1) is 13.2. The summed E-state index contributed by atoms with van der Waals surface area (Å²) >= 11 is 1.10. The molecular weight excluding hydrogens is 268 g/mol. The van der Waals surface area contributed by atoms with Gasteiger partial charge in [0, 0.05) is 6.07 Å². The SMILES string of the molecule is Nc1cc(=O)[nH]c(SCC(=O)NCc2ccco2)n1. The van der Waals surface area contributed by atoms with Crippen molar-refractivity contribution in [2.24, 2.45) is 0 Å². The lowest BCUT2D eigenvalue weighted by Crippen LogP contribution is -2.24. The number of aromatic nitrogens is 2. The minimum absolute atomic E-state index is 0.127. The number of hydrogen-bond acceptors (Lipinski definition) is 6. The maximum absolute atomic E-state index is 11.6. The van der Waals surface area contributed by atoms with Crippen molar-refractivity contribution in [3.05, 3.63) is 40.6 Å². The van der Waals surface area contributed by atoms with Crippen LogP contribution in [0.5, 0.6) is 0 Å². The fourth-order valence-electron chi connectivity index (χ4n) is 1.31. The van der Waals surface area contributed by atoms with Gasteiger partial charge in [-0.25, -0.2) is 4.98 Å². The van der Waals surface area contributed by atoms with Gasteiger partial charge in [-0.1, -0.05) is 11.8 Å².